The van der Waals surface area contributed by atoms with Crippen molar-refractivity contribution in [3.05, 3.63) is 86.0 Å². The van der Waals surface area contributed by atoms with E-state index in [1.807, 2.05) is 39.0 Å². The minimum Gasteiger partial charge on any atom is -0.455 e. The minimum atomic E-state index is -0.179. The van der Waals surface area contributed by atoms with Gasteiger partial charge in [-0.3, -0.25) is 9.78 Å². The molecule has 0 fully saturated rings. The third-order valence-electron chi connectivity index (χ3n) is 5.41. The standard InChI is InChI=1S/C25H21ClN4O2/c1-13-7-19(15(3)29-21-5-6-22(26)30-16(21)4)25-20(8-13)23(31)14(2)24(32-25)18-9-17(10-27)11-28-12-18/h5-9,11-12,15,29H,1-4H3/t15-/m1/s1. The SMILES string of the molecule is Cc1cc([C@@H](C)Nc2ccc(Cl)nc2C)c2oc(-c3cncc(C#N)c3)c(C)c(=O)c2c1. The number of anilines is 1. The van der Waals surface area contributed by atoms with Gasteiger partial charge in [0.05, 0.1) is 28.4 Å². The molecule has 3 heterocycles. The highest BCUT2D eigenvalue weighted by Gasteiger charge is 2.19. The van der Waals surface area contributed by atoms with Gasteiger partial charge in [0.2, 0.25) is 0 Å². The highest BCUT2D eigenvalue weighted by Crippen LogP contribution is 2.32. The Balaban J connectivity index is 1.90. The van der Waals surface area contributed by atoms with Gasteiger partial charge in [0.25, 0.3) is 0 Å². The molecule has 160 valence electrons. The fourth-order valence-corrected chi connectivity index (χ4v) is 3.97. The maximum absolute atomic E-state index is 13.3. The predicted molar refractivity (Wildman–Crippen MR) is 126 cm³/mol. The molecule has 1 aromatic carbocycles. The summed E-state index contributed by atoms with van der Waals surface area (Å²) >= 11 is 5.99. The molecule has 0 aliphatic carbocycles. The third kappa shape index (κ3) is 3.95. The van der Waals surface area contributed by atoms with Crippen LogP contribution >= 0.6 is 11.6 Å². The molecule has 0 spiro atoms. The molecule has 3 aromatic heterocycles. The van der Waals surface area contributed by atoms with E-state index in [1.54, 1.807) is 25.3 Å². The zero-order valence-corrected chi connectivity index (χ0v) is 18.9. The van der Waals surface area contributed by atoms with Gasteiger partial charge < -0.3 is 9.73 Å². The Morgan fingerprint density at radius 2 is 1.94 bits per heavy atom. The molecule has 4 rings (SSSR count). The van der Waals surface area contributed by atoms with Gasteiger partial charge in [0, 0.05) is 29.1 Å². The van der Waals surface area contributed by atoms with E-state index in [0.29, 0.717) is 38.6 Å². The number of benzene rings is 1. The molecular formula is C25H21ClN4O2. The second-order valence-electron chi connectivity index (χ2n) is 7.82. The lowest BCUT2D eigenvalue weighted by Gasteiger charge is -2.19. The molecule has 1 atom stereocenters. The average molecular weight is 445 g/mol. The summed E-state index contributed by atoms with van der Waals surface area (Å²) in [6.45, 7) is 7.56. The van der Waals surface area contributed by atoms with Crippen LogP contribution in [0.25, 0.3) is 22.3 Å². The van der Waals surface area contributed by atoms with Gasteiger partial charge in [0.15, 0.2) is 5.43 Å². The number of rotatable bonds is 4. The molecule has 0 amide bonds. The maximum Gasteiger partial charge on any atom is 0.196 e. The van der Waals surface area contributed by atoms with Crippen molar-refractivity contribution in [2.45, 2.75) is 33.7 Å². The first kappa shape index (κ1) is 21.5. The average Bonchev–Trinajstić information content (AvgIpc) is 2.78. The summed E-state index contributed by atoms with van der Waals surface area (Å²) in [7, 11) is 0. The van der Waals surface area contributed by atoms with E-state index in [4.69, 9.17) is 16.0 Å². The Labute approximate surface area is 190 Å². The molecule has 32 heavy (non-hydrogen) atoms. The van der Waals surface area contributed by atoms with Crippen molar-refractivity contribution in [2.75, 3.05) is 5.32 Å². The van der Waals surface area contributed by atoms with Crippen LogP contribution in [0, 0.1) is 32.1 Å². The maximum atomic E-state index is 13.3. The number of halogens is 1. The lowest BCUT2D eigenvalue weighted by molar-refractivity contribution is 0.605. The van der Waals surface area contributed by atoms with Crippen molar-refractivity contribution in [2.24, 2.45) is 0 Å². The summed E-state index contributed by atoms with van der Waals surface area (Å²) in [6, 6.07) is 11.0. The second kappa shape index (κ2) is 8.45. The van der Waals surface area contributed by atoms with Crippen LogP contribution in [0.1, 0.15) is 40.9 Å². The zero-order valence-electron chi connectivity index (χ0n) is 18.2. The molecule has 0 aliphatic heterocycles. The van der Waals surface area contributed by atoms with E-state index < -0.39 is 0 Å². The van der Waals surface area contributed by atoms with Gasteiger partial charge in [-0.1, -0.05) is 17.7 Å². The van der Waals surface area contributed by atoms with Crippen molar-refractivity contribution in [1.29, 1.82) is 5.26 Å². The van der Waals surface area contributed by atoms with Gasteiger partial charge in [0.1, 0.15) is 22.6 Å². The third-order valence-corrected chi connectivity index (χ3v) is 5.62. The number of aryl methyl sites for hydroxylation is 2. The first-order valence-corrected chi connectivity index (χ1v) is 10.5. The molecule has 6 nitrogen and oxygen atoms in total. The van der Waals surface area contributed by atoms with Crippen LogP contribution in [0.5, 0.6) is 0 Å². The topological polar surface area (TPSA) is 91.8 Å². The summed E-state index contributed by atoms with van der Waals surface area (Å²) in [5, 5.41) is 13.6. The van der Waals surface area contributed by atoms with Gasteiger partial charge in [-0.15, -0.1) is 0 Å². The minimum absolute atomic E-state index is 0.106. The Kier molecular flexibility index (Phi) is 5.68. The Hall–Kier alpha value is -3.69. The number of pyridine rings is 2. The predicted octanol–water partition coefficient (Wildman–Crippen LogP) is 5.87. The molecular weight excluding hydrogens is 424 g/mol. The summed E-state index contributed by atoms with van der Waals surface area (Å²) in [6.07, 6.45) is 3.07. The second-order valence-corrected chi connectivity index (χ2v) is 8.21. The molecule has 0 unspecified atom stereocenters. The highest BCUT2D eigenvalue weighted by molar-refractivity contribution is 6.29. The van der Waals surface area contributed by atoms with E-state index in [2.05, 4.69) is 21.4 Å². The Bertz CT molecular complexity index is 1450. The zero-order chi connectivity index (χ0) is 23.0. The monoisotopic (exact) mass is 444 g/mol. The molecule has 7 heteroatoms. The molecule has 0 radical (unpaired) electrons. The van der Waals surface area contributed by atoms with Crippen LogP contribution in [0.4, 0.5) is 5.69 Å². The molecule has 4 aromatic rings. The van der Waals surface area contributed by atoms with Gasteiger partial charge in [-0.05, 0) is 57.5 Å². The van der Waals surface area contributed by atoms with Crippen LogP contribution in [-0.4, -0.2) is 9.97 Å². The van der Waals surface area contributed by atoms with Gasteiger partial charge in [-0.25, -0.2) is 4.98 Å². The summed E-state index contributed by atoms with van der Waals surface area (Å²) in [5.74, 6) is 0.411. The van der Waals surface area contributed by atoms with Crippen LogP contribution in [0.3, 0.4) is 0 Å². The fraction of sp³-hybridized carbons (Fsp3) is 0.200. The largest absolute Gasteiger partial charge is 0.455 e. The van der Waals surface area contributed by atoms with Crippen molar-refractivity contribution < 1.29 is 4.42 Å². The molecule has 0 saturated heterocycles. The van der Waals surface area contributed by atoms with E-state index in [0.717, 1.165) is 22.5 Å². The lowest BCUT2D eigenvalue weighted by atomic mass is 9.99. The van der Waals surface area contributed by atoms with Gasteiger partial charge >= 0.3 is 0 Å². The normalized spacial score (nSPS) is 11.9. The van der Waals surface area contributed by atoms with Gasteiger partial charge in [-0.2, -0.15) is 5.26 Å². The number of nitriles is 1. The highest BCUT2D eigenvalue weighted by atomic mass is 35.5. The van der Waals surface area contributed by atoms with Crippen molar-refractivity contribution in [1.82, 2.24) is 9.97 Å². The number of hydrogen-bond donors (Lipinski definition) is 1. The number of fused-ring (bicyclic) bond motifs is 1. The van der Waals surface area contributed by atoms with E-state index in [-0.39, 0.29) is 11.5 Å². The van der Waals surface area contributed by atoms with E-state index in [9.17, 15) is 10.1 Å². The van der Waals surface area contributed by atoms with Crippen LogP contribution in [0.15, 0.2) is 51.9 Å². The lowest BCUT2D eigenvalue weighted by Crippen LogP contribution is -2.13. The van der Waals surface area contributed by atoms with Crippen LogP contribution < -0.4 is 10.7 Å². The molecule has 0 saturated carbocycles. The molecule has 0 bridgehead atoms. The van der Waals surface area contributed by atoms with E-state index in [1.165, 1.54) is 6.20 Å². The van der Waals surface area contributed by atoms with Crippen molar-refractivity contribution >= 4 is 28.3 Å². The number of aromatic nitrogens is 2. The summed E-state index contributed by atoms with van der Waals surface area (Å²) < 4.78 is 6.33. The molecule has 0 aliphatic rings. The first-order chi connectivity index (χ1) is 15.3. The first-order valence-electron chi connectivity index (χ1n) is 10.1. The van der Waals surface area contributed by atoms with Crippen molar-refractivity contribution in [3.8, 4) is 17.4 Å². The number of hydrogen-bond acceptors (Lipinski definition) is 6. The summed E-state index contributed by atoms with van der Waals surface area (Å²) in [4.78, 5) is 21.7. The Morgan fingerprint density at radius 1 is 1.16 bits per heavy atom. The van der Waals surface area contributed by atoms with Crippen molar-refractivity contribution in [3.63, 3.8) is 0 Å². The number of nitrogens with zero attached hydrogens (tertiary/aromatic N) is 3. The fourth-order valence-electron chi connectivity index (χ4n) is 3.78. The smallest absolute Gasteiger partial charge is 0.196 e. The summed E-state index contributed by atoms with van der Waals surface area (Å²) in [5.41, 5.74) is 5.28. The van der Waals surface area contributed by atoms with Crippen LogP contribution in [-0.2, 0) is 0 Å². The van der Waals surface area contributed by atoms with E-state index >= 15 is 0 Å². The quantitative estimate of drug-likeness (QED) is 0.395. The number of nitrogens with one attached hydrogen (secondary N) is 1. The van der Waals surface area contributed by atoms with Crippen LogP contribution in [0.2, 0.25) is 5.15 Å². The Morgan fingerprint density at radius 3 is 2.66 bits per heavy atom. The molecule has 1 N–H and O–H groups in total.